The Bertz CT molecular complexity index is 445. The van der Waals surface area contributed by atoms with E-state index < -0.39 is 0 Å². The Labute approximate surface area is 118 Å². The van der Waals surface area contributed by atoms with Crippen LogP contribution < -0.4 is 15.4 Å². The molecule has 1 aromatic carbocycles. The zero-order valence-corrected chi connectivity index (χ0v) is 11.8. The lowest BCUT2D eigenvalue weighted by Crippen LogP contribution is -2.31. The monoisotopic (exact) mass is 282 g/mol. The molecule has 0 radical (unpaired) electrons. The van der Waals surface area contributed by atoms with Crippen molar-refractivity contribution in [3.63, 3.8) is 0 Å². The van der Waals surface area contributed by atoms with Gasteiger partial charge < -0.3 is 15.4 Å². The van der Waals surface area contributed by atoms with E-state index in [0.717, 1.165) is 24.9 Å². The third kappa shape index (κ3) is 4.11. The Kier molecular flexibility index (Phi) is 5.05. The number of hydrogen-bond donors (Lipinski definition) is 2. The van der Waals surface area contributed by atoms with Gasteiger partial charge in [0.25, 0.3) is 0 Å². The van der Waals surface area contributed by atoms with E-state index in [1.807, 2.05) is 6.07 Å². The number of hydrogen-bond acceptors (Lipinski definition) is 3. The largest absolute Gasteiger partial charge is 0.496 e. The van der Waals surface area contributed by atoms with Gasteiger partial charge in [0.15, 0.2) is 0 Å². The molecule has 1 atom stereocenters. The summed E-state index contributed by atoms with van der Waals surface area (Å²) in [6.07, 6.45) is 2.77. The van der Waals surface area contributed by atoms with Crippen molar-refractivity contribution >= 4 is 17.5 Å². The highest BCUT2D eigenvalue weighted by Gasteiger charge is 2.17. The molecule has 1 aliphatic heterocycles. The van der Waals surface area contributed by atoms with E-state index in [9.17, 15) is 4.79 Å². The molecule has 1 unspecified atom stereocenters. The van der Waals surface area contributed by atoms with Gasteiger partial charge in [0.2, 0.25) is 5.91 Å². The van der Waals surface area contributed by atoms with Gasteiger partial charge in [0.05, 0.1) is 7.11 Å². The summed E-state index contributed by atoms with van der Waals surface area (Å²) in [5, 5.41) is 6.86. The first-order chi connectivity index (χ1) is 9.19. The van der Waals surface area contributed by atoms with Gasteiger partial charge in [-0.25, -0.2) is 0 Å². The zero-order valence-electron chi connectivity index (χ0n) is 11.0. The average molecular weight is 283 g/mol. The molecule has 0 saturated carbocycles. The number of ether oxygens (including phenoxy) is 1. The Morgan fingerprint density at radius 2 is 2.42 bits per heavy atom. The second kappa shape index (κ2) is 6.78. The molecule has 0 bridgehead atoms. The molecule has 1 aromatic rings. The molecule has 4 nitrogen and oxygen atoms in total. The standard InChI is InChI=1S/C14H19ClN2O2/c1-19-13-7-11(15)5-4-10(13)9-17-14(18)8-12-3-2-6-16-12/h4-5,7,12,16H,2-3,6,8-9H2,1H3,(H,17,18). The third-order valence-electron chi connectivity index (χ3n) is 3.32. The average Bonchev–Trinajstić information content (AvgIpc) is 2.90. The van der Waals surface area contributed by atoms with Crippen LogP contribution in [0.5, 0.6) is 5.75 Å². The molecular formula is C14H19ClN2O2. The van der Waals surface area contributed by atoms with Crippen LogP contribution in [0.2, 0.25) is 5.02 Å². The molecule has 1 heterocycles. The molecule has 0 aliphatic carbocycles. The van der Waals surface area contributed by atoms with Gasteiger partial charge in [0.1, 0.15) is 5.75 Å². The number of methoxy groups -OCH3 is 1. The Morgan fingerprint density at radius 1 is 1.58 bits per heavy atom. The van der Waals surface area contributed by atoms with Gasteiger partial charge in [-0.2, -0.15) is 0 Å². The number of amides is 1. The fourth-order valence-corrected chi connectivity index (χ4v) is 2.45. The van der Waals surface area contributed by atoms with Crippen LogP contribution in [0.15, 0.2) is 18.2 Å². The lowest BCUT2D eigenvalue weighted by molar-refractivity contribution is -0.121. The molecule has 5 heteroatoms. The summed E-state index contributed by atoms with van der Waals surface area (Å²) in [5.41, 5.74) is 0.930. The van der Waals surface area contributed by atoms with E-state index in [1.165, 1.54) is 0 Å². The molecule has 2 rings (SSSR count). The van der Waals surface area contributed by atoms with Crippen LogP contribution in [0.4, 0.5) is 0 Å². The normalized spacial score (nSPS) is 18.3. The van der Waals surface area contributed by atoms with Crippen molar-refractivity contribution in [2.75, 3.05) is 13.7 Å². The zero-order chi connectivity index (χ0) is 13.7. The van der Waals surface area contributed by atoms with Gasteiger partial charge in [-0.15, -0.1) is 0 Å². The minimum Gasteiger partial charge on any atom is -0.496 e. The van der Waals surface area contributed by atoms with Crippen molar-refractivity contribution < 1.29 is 9.53 Å². The van der Waals surface area contributed by atoms with Gasteiger partial charge in [-0.1, -0.05) is 17.7 Å². The van der Waals surface area contributed by atoms with Crippen LogP contribution in [-0.2, 0) is 11.3 Å². The molecule has 1 aliphatic rings. The first-order valence-corrected chi connectivity index (χ1v) is 6.89. The van der Waals surface area contributed by atoms with Crippen LogP contribution in [0.1, 0.15) is 24.8 Å². The maximum Gasteiger partial charge on any atom is 0.221 e. The Morgan fingerprint density at radius 3 is 3.11 bits per heavy atom. The van der Waals surface area contributed by atoms with E-state index >= 15 is 0 Å². The third-order valence-corrected chi connectivity index (χ3v) is 3.55. The first kappa shape index (κ1) is 14.2. The van der Waals surface area contributed by atoms with Crippen LogP contribution in [0.25, 0.3) is 0 Å². The molecule has 104 valence electrons. The number of halogens is 1. The summed E-state index contributed by atoms with van der Waals surface area (Å²) < 4.78 is 5.24. The summed E-state index contributed by atoms with van der Waals surface area (Å²) in [5.74, 6) is 0.767. The lowest BCUT2D eigenvalue weighted by Gasteiger charge is -2.12. The summed E-state index contributed by atoms with van der Waals surface area (Å²) in [7, 11) is 1.60. The Hall–Kier alpha value is -1.26. The minimum atomic E-state index is 0.0661. The second-order valence-corrected chi connectivity index (χ2v) is 5.17. The number of benzene rings is 1. The number of carbonyl (C=O) groups excluding carboxylic acids is 1. The van der Waals surface area contributed by atoms with E-state index in [-0.39, 0.29) is 5.91 Å². The predicted molar refractivity (Wildman–Crippen MR) is 75.5 cm³/mol. The van der Waals surface area contributed by atoms with Crippen molar-refractivity contribution in [2.45, 2.75) is 31.8 Å². The van der Waals surface area contributed by atoms with Crippen molar-refractivity contribution in [1.29, 1.82) is 0 Å². The van der Waals surface area contributed by atoms with Crippen LogP contribution in [0, 0.1) is 0 Å². The molecule has 1 saturated heterocycles. The van der Waals surface area contributed by atoms with Crippen molar-refractivity contribution in [3.05, 3.63) is 28.8 Å². The fraction of sp³-hybridized carbons (Fsp3) is 0.500. The predicted octanol–water partition coefficient (Wildman–Crippen LogP) is 2.11. The van der Waals surface area contributed by atoms with Crippen molar-refractivity contribution in [2.24, 2.45) is 0 Å². The van der Waals surface area contributed by atoms with Gasteiger partial charge in [0, 0.05) is 29.6 Å². The van der Waals surface area contributed by atoms with Crippen molar-refractivity contribution in [1.82, 2.24) is 10.6 Å². The molecule has 2 N–H and O–H groups in total. The maximum atomic E-state index is 11.8. The molecule has 1 fully saturated rings. The van der Waals surface area contributed by atoms with E-state index in [4.69, 9.17) is 16.3 Å². The first-order valence-electron chi connectivity index (χ1n) is 6.51. The number of carbonyl (C=O) groups is 1. The topological polar surface area (TPSA) is 50.4 Å². The summed E-state index contributed by atoms with van der Waals surface area (Å²) in [6, 6.07) is 5.74. The van der Waals surface area contributed by atoms with Crippen LogP contribution in [0.3, 0.4) is 0 Å². The Balaban J connectivity index is 1.85. The van der Waals surface area contributed by atoms with Gasteiger partial charge >= 0.3 is 0 Å². The SMILES string of the molecule is COc1cc(Cl)ccc1CNC(=O)CC1CCCN1. The highest BCUT2D eigenvalue weighted by atomic mass is 35.5. The molecular weight excluding hydrogens is 264 g/mol. The maximum absolute atomic E-state index is 11.8. The van der Waals surface area contributed by atoms with Crippen molar-refractivity contribution in [3.8, 4) is 5.75 Å². The number of rotatable bonds is 5. The number of nitrogens with one attached hydrogen (secondary N) is 2. The highest BCUT2D eigenvalue weighted by Crippen LogP contribution is 2.22. The summed E-state index contributed by atoms with van der Waals surface area (Å²) in [6.45, 7) is 1.48. The smallest absolute Gasteiger partial charge is 0.221 e. The minimum absolute atomic E-state index is 0.0661. The molecule has 0 spiro atoms. The molecule has 0 aromatic heterocycles. The molecule has 1 amide bonds. The summed E-state index contributed by atoms with van der Waals surface area (Å²) in [4.78, 5) is 11.8. The highest BCUT2D eigenvalue weighted by molar-refractivity contribution is 6.30. The van der Waals surface area contributed by atoms with Crippen LogP contribution in [-0.4, -0.2) is 25.6 Å². The van der Waals surface area contributed by atoms with E-state index in [2.05, 4.69) is 10.6 Å². The van der Waals surface area contributed by atoms with Gasteiger partial charge in [-0.3, -0.25) is 4.79 Å². The summed E-state index contributed by atoms with van der Waals surface area (Å²) >= 11 is 5.90. The quantitative estimate of drug-likeness (QED) is 0.870. The van der Waals surface area contributed by atoms with Gasteiger partial charge in [-0.05, 0) is 31.5 Å². The van der Waals surface area contributed by atoms with Crippen LogP contribution >= 0.6 is 11.6 Å². The fourth-order valence-electron chi connectivity index (χ4n) is 2.29. The molecule has 19 heavy (non-hydrogen) atoms. The van der Waals surface area contributed by atoms with E-state index in [1.54, 1.807) is 19.2 Å². The second-order valence-electron chi connectivity index (χ2n) is 4.73. The van der Waals surface area contributed by atoms with E-state index in [0.29, 0.717) is 29.8 Å². The lowest BCUT2D eigenvalue weighted by atomic mass is 10.1.